The van der Waals surface area contributed by atoms with E-state index in [1.807, 2.05) is 4.90 Å². The maximum absolute atomic E-state index is 12.4. The predicted octanol–water partition coefficient (Wildman–Crippen LogP) is 1.63. The Morgan fingerprint density at radius 1 is 1.15 bits per heavy atom. The van der Waals surface area contributed by atoms with E-state index in [4.69, 9.17) is 9.47 Å². The molecule has 0 bridgehead atoms. The summed E-state index contributed by atoms with van der Waals surface area (Å²) >= 11 is 0. The molecule has 1 saturated heterocycles. The van der Waals surface area contributed by atoms with Crippen LogP contribution < -0.4 is 15.0 Å². The van der Waals surface area contributed by atoms with Gasteiger partial charge in [0.15, 0.2) is 13.2 Å². The first-order chi connectivity index (χ1) is 12.3. The van der Waals surface area contributed by atoms with E-state index in [2.05, 4.69) is 5.32 Å². The number of benzene rings is 1. The van der Waals surface area contributed by atoms with Crippen LogP contribution in [0.25, 0.3) is 0 Å². The van der Waals surface area contributed by atoms with Gasteiger partial charge in [-0.1, -0.05) is 12.1 Å². The molecule has 1 fully saturated rings. The molecule has 26 heavy (non-hydrogen) atoms. The number of ether oxygens (including phenoxy) is 2. The van der Waals surface area contributed by atoms with Crippen molar-refractivity contribution in [2.24, 2.45) is 0 Å². The number of anilines is 1. The summed E-state index contributed by atoms with van der Waals surface area (Å²) in [4.78, 5) is 26.3. The van der Waals surface area contributed by atoms with Crippen molar-refractivity contribution < 1.29 is 32.2 Å². The number of carbonyl (C=O) groups excluding carboxylic acids is 2. The molecule has 1 aromatic carbocycles. The fourth-order valence-corrected chi connectivity index (χ4v) is 2.42. The first kappa shape index (κ1) is 19.7. The Hall–Kier alpha value is -2.65. The van der Waals surface area contributed by atoms with Crippen LogP contribution in [0.5, 0.6) is 5.75 Å². The SMILES string of the molecule is CNC(=O)COC(=O)N1CCN(c2ccccc2OCC(F)(F)F)CC1. The molecule has 144 valence electrons. The maximum Gasteiger partial charge on any atom is 0.422 e. The van der Waals surface area contributed by atoms with Gasteiger partial charge in [0.05, 0.1) is 5.69 Å². The molecule has 0 aliphatic carbocycles. The van der Waals surface area contributed by atoms with Crippen LogP contribution in [-0.2, 0) is 9.53 Å². The average molecular weight is 375 g/mol. The third-order valence-corrected chi connectivity index (χ3v) is 3.74. The van der Waals surface area contributed by atoms with Crippen molar-refractivity contribution in [3.63, 3.8) is 0 Å². The number of likely N-dealkylation sites (N-methyl/N-ethyl adjacent to an activating group) is 1. The molecule has 2 amide bonds. The number of hydrogen-bond donors (Lipinski definition) is 1. The van der Waals surface area contributed by atoms with E-state index in [0.29, 0.717) is 31.9 Å². The summed E-state index contributed by atoms with van der Waals surface area (Å²) in [6, 6.07) is 6.46. The Labute approximate surface area is 148 Å². The van der Waals surface area contributed by atoms with Crippen molar-refractivity contribution in [2.45, 2.75) is 6.18 Å². The average Bonchev–Trinajstić information content (AvgIpc) is 2.64. The molecule has 1 heterocycles. The van der Waals surface area contributed by atoms with Crippen LogP contribution in [0.1, 0.15) is 0 Å². The van der Waals surface area contributed by atoms with E-state index in [9.17, 15) is 22.8 Å². The Bertz CT molecular complexity index is 631. The minimum absolute atomic E-state index is 0.139. The van der Waals surface area contributed by atoms with E-state index in [-0.39, 0.29) is 12.4 Å². The minimum atomic E-state index is -4.42. The van der Waals surface area contributed by atoms with Crippen LogP contribution in [0.4, 0.5) is 23.7 Å². The number of para-hydroxylation sites is 2. The van der Waals surface area contributed by atoms with E-state index in [1.54, 1.807) is 18.2 Å². The number of nitrogens with zero attached hydrogens (tertiary/aromatic N) is 2. The minimum Gasteiger partial charge on any atom is -0.482 e. The van der Waals surface area contributed by atoms with Crippen LogP contribution >= 0.6 is 0 Å². The number of carbonyl (C=O) groups is 2. The zero-order valence-corrected chi connectivity index (χ0v) is 14.2. The number of halogens is 3. The normalized spacial score (nSPS) is 14.8. The third-order valence-electron chi connectivity index (χ3n) is 3.74. The van der Waals surface area contributed by atoms with Gasteiger partial charge in [0.1, 0.15) is 5.75 Å². The quantitative estimate of drug-likeness (QED) is 0.847. The number of piperazine rings is 1. The second-order valence-electron chi connectivity index (χ2n) is 5.57. The first-order valence-corrected chi connectivity index (χ1v) is 7.96. The van der Waals surface area contributed by atoms with Gasteiger partial charge in [0, 0.05) is 33.2 Å². The highest BCUT2D eigenvalue weighted by Gasteiger charge is 2.30. The molecule has 0 saturated carbocycles. The fraction of sp³-hybridized carbons (Fsp3) is 0.500. The van der Waals surface area contributed by atoms with Crippen LogP contribution in [-0.4, -0.2) is 69.5 Å². The summed E-state index contributed by atoms with van der Waals surface area (Å²) in [5.41, 5.74) is 0.537. The number of nitrogens with one attached hydrogen (secondary N) is 1. The molecular formula is C16H20F3N3O4. The Balaban J connectivity index is 1.91. The van der Waals surface area contributed by atoms with E-state index >= 15 is 0 Å². The predicted molar refractivity (Wildman–Crippen MR) is 87.2 cm³/mol. The van der Waals surface area contributed by atoms with Crippen molar-refractivity contribution in [1.82, 2.24) is 10.2 Å². The second-order valence-corrected chi connectivity index (χ2v) is 5.57. The molecule has 1 N–H and O–H groups in total. The van der Waals surface area contributed by atoms with Gasteiger partial charge < -0.3 is 24.6 Å². The summed E-state index contributed by atoms with van der Waals surface area (Å²) in [6.07, 6.45) is -5.02. The van der Waals surface area contributed by atoms with Crippen molar-refractivity contribution in [3.8, 4) is 5.75 Å². The Morgan fingerprint density at radius 2 is 1.81 bits per heavy atom. The van der Waals surface area contributed by atoms with Crippen molar-refractivity contribution in [2.75, 3.05) is 51.3 Å². The van der Waals surface area contributed by atoms with Gasteiger partial charge in [-0.15, -0.1) is 0 Å². The highest BCUT2D eigenvalue weighted by Crippen LogP contribution is 2.30. The van der Waals surface area contributed by atoms with E-state index in [0.717, 1.165) is 0 Å². The zero-order valence-electron chi connectivity index (χ0n) is 14.2. The molecule has 0 radical (unpaired) electrons. The molecule has 2 rings (SSSR count). The van der Waals surface area contributed by atoms with Crippen LogP contribution in [0.15, 0.2) is 24.3 Å². The van der Waals surface area contributed by atoms with Gasteiger partial charge in [-0.25, -0.2) is 4.79 Å². The monoisotopic (exact) mass is 375 g/mol. The summed E-state index contributed by atoms with van der Waals surface area (Å²) in [6.45, 7) is -0.275. The molecule has 1 aliphatic heterocycles. The van der Waals surface area contributed by atoms with Gasteiger partial charge in [-0.05, 0) is 12.1 Å². The van der Waals surface area contributed by atoms with Gasteiger partial charge >= 0.3 is 12.3 Å². The lowest BCUT2D eigenvalue weighted by Crippen LogP contribution is -2.49. The summed E-state index contributed by atoms with van der Waals surface area (Å²) < 4.78 is 46.9. The van der Waals surface area contributed by atoms with Crippen molar-refractivity contribution in [3.05, 3.63) is 24.3 Å². The summed E-state index contributed by atoms with van der Waals surface area (Å²) in [5.74, 6) is -0.270. The third kappa shape index (κ3) is 5.71. The number of alkyl halides is 3. The molecule has 7 nitrogen and oxygen atoms in total. The lowest BCUT2D eigenvalue weighted by atomic mass is 10.2. The Morgan fingerprint density at radius 3 is 2.42 bits per heavy atom. The topological polar surface area (TPSA) is 71.1 Å². The smallest absolute Gasteiger partial charge is 0.422 e. The highest BCUT2D eigenvalue weighted by molar-refractivity contribution is 5.79. The fourth-order valence-electron chi connectivity index (χ4n) is 2.42. The maximum atomic E-state index is 12.4. The van der Waals surface area contributed by atoms with E-state index in [1.165, 1.54) is 18.0 Å². The highest BCUT2D eigenvalue weighted by atomic mass is 19.4. The van der Waals surface area contributed by atoms with Gasteiger partial charge in [-0.2, -0.15) is 13.2 Å². The molecule has 10 heteroatoms. The van der Waals surface area contributed by atoms with Crippen LogP contribution in [0.2, 0.25) is 0 Å². The summed E-state index contributed by atoms with van der Waals surface area (Å²) in [7, 11) is 1.44. The van der Waals surface area contributed by atoms with E-state index < -0.39 is 24.8 Å². The molecule has 0 spiro atoms. The molecule has 0 atom stereocenters. The lowest BCUT2D eigenvalue weighted by molar-refractivity contribution is -0.153. The van der Waals surface area contributed by atoms with Gasteiger partial charge in [0.2, 0.25) is 0 Å². The molecular weight excluding hydrogens is 355 g/mol. The number of amides is 2. The molecule has 1 aliphatic rings. The van der Waals surface area contributed by atoms with Crippen molar-refractivity contribution >= 4 is 17.7 Å². The zero-order chi connectivity index (χ0) is 19.2. The number of hydrogen-bond acceptors (Lipinski definition) is 5. The second kappa shape index (κ2) is 8.63. The molecule has 1 aromatic rings. The van der Waals surface area contributed by atoms with Gasteiger partial charge in [-0.3, -0.25) is 4.79 Å². The standard InChI is InChI=1S/C16H20F3N3O4/c1-20-14(23)10-25-15(24)22-8-6-21(7-9-22)12-4-2-3-5-13(12)26-11-16(17,18)19/h2-5H,6-11H2,1H3,(H,20,23). The Kier molecular flexibility index (Phi) is 6.53. The summed E-state index contributed by atoms with van der Waals surface area (Å²) in [5, 5.41) is 2.34. The molecule has 0 aromatic heterocycles. The molecule has 0 unspecified atom stereocenters. The van der Waals surface area contributed by atoms with Gasteiger partial charge in [0.25, 0.3) is 5.91 Å². The largest absolute Gasteiger partial charge is 0.482 e. The van der Waals surface area contributed by atoms with Crippen molar-refractivity contribution in [1.29, 1.82) is 0 Å². The lowest BCUT2D eigenvalue weighted by Gasteiger charge is -2.36. The number of rotatable bonds is 5. The van der Waals surface area contributed by atoms with Crippen LogP contribution in [0, 0.1) is 0 Å². The first-order valence-electron chi connectivity index (χ1n) is 7.96. The van der Waals surface area contributed by atoms with Crippen LogP contribution in [0.3, 0.4) is 0 Å².